The standard InChI is InChI=1S/C12H14N2O3/c1-7-2-3-10(9(13)4-7)14-6-8(12(16)17)5-11(14)15/h2-4,8H,5-6,13H2,1H3,(H,16,17). The minimum absolute atomic E-state index is 0.0443. The van der Waals surface area contributed by atoms with Gasteiger partial charge in [0.05, 0.1) is 17.3 Å². The highest BCUT2D eigenvalue weighted by Gasteiger charge is 2.35. The summed E-state index contributed by atoms with van der Waals surface area (Å²) in [6, 6.07) is 5.39. The number of carboxylic acid groups (broad SMARTS) is 1. The largest absolute Gasteiger partial charge is 0.481 e. The first-order chi connectivity index (χ1) is 7.99. The summed E-state index contributed by atoms with van der Waals surface area (Å²) < 4.78 is 0. The molecule has 1 heterocycles. The molecule has 17 heavy (non-hydrogen) atoms. The third kappa shape index (κ3) is 2.08. The van der Waals surface area contributed by atoms with Gasteiger partial charge >= 0.3 is 5.97 Å². The van der Waals surface area contributed by atoms with Crippen molar-refractivity contribution in [2.75, 3.05) is 17.2 Å². The monoisotopic (exact) mass is 234 g/mol. The number of anilines is 2. The zero-order valence-corrected chi connectivity index (χ0v) is 9.51. The Morgan fingerprint density at radius 3 is 2.76 bits per heavy atom. The lowest BCUT2D eigenvalue weighted by Crippen LogP contribution is -2.26. The molecule has 0 spiro atoms. The van der Waals surface area contributed by atoms with Crippen LogP contribution in [0.3, 0.4) is 0 Å². The van der Waals surface area contributed by atoms with Crippen LogP contribution in [0.2, 0.25) is 0 Å². The molecule has 1 saturated heterocycles. The zero-order valence-electron chi connectivity index (χ0n) is 9.51. The van der Waals surface area contributed by atoms with Gasteiger partial charge in [0.25, 0.3) is 0 Å². The highest BCUT2D eigenvalue weighted by Crippen LogP contribution is 2.30. The fraction of sp³-hybridized carbons (Fsp3) is 0.333. The number of hydrogen-bond acceptors (Lipinski definition) is 3. The van der Waals surface area contributed by atoms with E-state index >= 15 is 0 Å². The Labute approximate surface area is 98.8 Å². The summed E-state index contributed by atoms with van der Waals surface area (Å²) >= 11 is 0. The van der Waals surface area contributed by atoms with Gasteiger partial charge in [0, 0.05) is 13.0 Å². The predicted octanol–water partition coefficient (Wildman–Crippen LogP) is 1.01. The van der Waals surface area contributed by atoms with Gasteiger partial charge in [-0.05, 0) is 24.6 Å². The van der Waals surface area contributed by atoms with Gasteiger partial charge in [-0.2, -0.15) is 0 Å². The molecule has 0 aromatic heterocycles. The average Bonchev–Trinajstić information content (AvgIpc) is 2.61. The molecule has 0 bridgehead atoms. The molecule has 1 aromatic rings. The van der Waals surface area contributed by atoms with Crippen molar-refractivity contribution in [1.29, 1.82) is 0 Å². The second kappa shape index (κ2) is 4.08. The van der Waals surface area contributed by atoms with Gasteiger partial charge in [-0.15, -0.1) is 0 Å². The number of nitrogen functional groups attached to an aromatic ring is 1. The van der Waals surface area contributed by atoms with Crippen molar-refractivity contribution in [3.05, 3.63) is 23.8 Å². The quantitative estimate of drug-likeness (QED) is 0.748. The van der Waals surface area contributed by atoms with Crippen molar-refractivity contribution < 1.29 is 14.7 Å². The molecule has 1 fully saturated rings. The number of hydrogen-bond donors (Lipinski definition) is 2. The summed E-state index contributed by atoms with van der Waals surface area (Å²) in [5.41, 5.74) is 7.96. The summed E-state index contributed by atoms with van der Waals surface area (Å²) in [7, 11) is 0. The van der Waals surface area contributed by atoms with E-state index in [9.17, 15) is 9.59 Å². The number of rotatable bonds is 2. The van der Waals surface area contributed by atoms with E-state index in [0.29, 0.717) is 11.4 Å². The molecule has 0 saturated carbocycles. The minimum atomic E-state index is -0.938. The molecule has 1 aliphatic heterocycles. The van der Waals surface area contributed by atoms with E-state index in [0.717, 1.165) is 5.56 Å². The first-order valence-corrected chi connectivity index (χ1v) is 5.38. The van der Waals surface area contributed by atoms with Crippen LogP contribution < -0.4 is 10.6 Å². The molecular weight excluding hydrogens is 220 g/mol. The Bertz CT molecular complexity index is 485. The fourth-order valence-corrected chi connectivity index (χ4v) is 2.03. The number of aryl methyl sites for hydroxylation is 1. The van der Waals surface area contributed by atoms with Crippen molar-refractivity contribution in [3.63, 3.8) is 0 Å². The second-order valence-electron chi connectivity index (χ2n) is 4.31. The minimum Gasteiger partial charge on any atom is -0.481 e. The summed E-state index contributed by atoms with van der Waals surface area (Å²) in [6.45, 7) is 2.10. The Morgan fingerprint density at radius 1 is 1.53 bits per heavy atom. The van der Waals surface area contributed by atoms with Crippen molar-refractivity contribution >= 4 is 23.3 Å². The lowest BCUT2D eigenvalue weighted by molar-refractivity contribution is -0.141. The van der Waals surface area contributed by atoms with Crippen LogP contribution in [0.15, 0.2) is 18.2 Å². The van der Waals surface area contributed by atoms with E-state index in [1.54, 1.807) is 12.1 Å². The Kier molecular flexibility index (Phi) is 2.75. The van der Waals surface area contributed by atoms with E-state index in [1.165, 1.54) is 4.90 Å². The van der Waals surface area contributed by atoms with Crippen LogP contribution in [0.5, 0.6) is 0 Å². The van der Waals surface area contributed by atoms with Crippen molar-refractivity contribution in [2.45, 2.75) is 13.3 Å². The normalized spacial score (nSPS) is 19.7. The maximum absolute atomic E-state index is 11.7. The van der Waals surface area contributed by atoms with Crippen molar-refractivity contribution in [1.82, 2.24) is 0 Å². The number of nitrogens with zero attached hydrogens (tertiary/aromatic N) is 1. The van der Waals surface area contributed by atoms with Crippen LogP contribution >= 0.6 is 0 Å². The molecule has 1 aromatic carbocycles. The maximum atomic E-state index is 11.7. The van der Waals surface area contributed by atoms with E-state index in [1.807, 2.05) is 13.0 Å². The first-order valence-electron chi connectivity index (χ1n) is 5.38. The number of carboxylic acids is 1. The molecule has 1 atom stereocenters. The highest BCUT2D eigenvalue weighted by molar-refractivity contribution is 6.01. The Balaban J connectivity index is 2.29. The zero-order chi connectivity index (χ0) is 12.6. The van der Waals surface area contributed by atoms with Crippen LogP contribution in [-0.4, -0.2) is 23.5 Å². The van der Waals surface area contributed by atoms with Gasteiger partial charge in [0.1, 0.15) is 0 Å². The molecule has 90 valence electrons. The topological polar surface area (TPSA) is 83.6 Å². The Hall–Kier alpha value is -2.04. The molecule has 3 N–H and O–H groups in total. The molecule has 1 unspecified atom stereocenters. The molecule has 5 heteroatoms. The highest BCUT2D eigenvalue weighted by atomic mass is 16.4. The molecule has 0 radical (unpaired) electrons. The number of carbonyl (C=O) groups excluding carboxylic acids is 1. The summed E-state index contributed by atoms with van der Waals surface area (Å²) in [4.78, 5) is 24.0. The molecular formula is C12H14N2O3. The summed E-state index contributed by atoms with van der Waals surface area (Å²) in [5.74, 6) is -1.76. The Morgan fingerprint density at radius 2 is 2.24 bits per heavy atom. The molecule has 1 aliphatic rings. The average molecular weight is 234 g/mol. The summed E-state index contributed by atoms with van der Waals surface area (Å²) in [6.07, 6.45) is 0.0443. The van der Waals surface area contributed by atoms with Crippen molar-refractivity contribution in [3.8, 4) is 0 Å². The molecule has 5 nitrogen and oxygen atoms in total. The van der Waals surface area contributed by atoms with Gasteiger partial charge in [0.2, 0.25) is 5.91 Å². The van der Waals surface area contributed by atoms with E-state index in [-0.39, 0.29) is 18.9 Å². The van der Waals surface area contributed by atoms with Crippen LogP contribution in [0.1, 0.15) is 12.0 Å². The SMILES string of the molecule is Cc1ccc(N2CC(C(=O)O)CC2=O)c(N)c1. The van der Waals surface area contributed by atoms with Gasteiger partial charge < -0.3 is 15.7 Å². The third-order valence-electron chi connectivity index (χ3n) is 2.95. The molecule has 0 aliphatic carbocycles. The van der Waals surface area contributed by atoms with E-state index in [4.69, 9.17) is 10.8 Å². The smallest absolute Gasteiger partial charge is 0.308 e. The molecule has 2 rings (SSSR count). The number of amides is 1. The van der Waals surface area contributed by atoms with E-state index in [2.05, 4.69) is 0 Å². The van der Waals surface area contributed by atoms with Crippen LogP contribution in [0, 0.1) is 12.8 Å². The first kappa shape index (κ1) is 11.4. The van der Waals surface area contributed by atoms with Gasteiger partial charge in [-0.1, -0.05) is 6.07 Å². The fourth-order valence-electron chi connectivity index (χ4n) is 2.03. The third-order valence-corrected chi connectivity index (χ3v) is 2.95. The maximum Gasteiger partial charge on any atom is 0.308 e. The summed E-state index contributed by atoms with van der Waals surface area (Å²) in [5, 5.41) is 8.90. The number of benzene rings is 1. The van der Waals surface area contributed by atoms with Crippen LogP contribution in [0.4, 0.5) is 11.4 Å². The number of aliphatic carboxylic acids is 1. The second-order valence-corrected chi connectivity index (χ2v) is 4.31. The number of carbonyl (C=O) groups is 2. The molecule has 1 amide bonds. The van der Waals surface area contributed by atoms with Gasteiger partial charge in [-0.25, -0.2) is 0 Å². The number of nitrogens with two attached hydrogens (primary N) is 1. The van der Waals surface area contributed by atoms with Gasteiger partial charge in [-0.3, -0.25) is 9.59 Å². The van der Waals surface area contributed by atoms with Gasteiger partial charge in [0.15, 0.2) is 0 Å². The van der Waals surface area contributed by atoms with Crippen LogP contribution in [-0.2, 0) is 9.59 Å². The van der Waals surface area contributed by atoms with Crippen LogP contribution in [0.25, 0.3) is 0 Å². The lowest BCUT2D eigenvalue weighted by Gasteiger charge is -2.18. The lowest BCUT2D eigenvalue weighted by atomic mass is 10.1. The predicted molar refractivity (Wildman–Crippen MR) is 63.7 cm³/mol. The van der Waals surface area contributed by atoms with Crippen molar-refractivity contribution in [2.24, 2.45) is 5.92 Å². The van der Waals surface area contributed by atoms with E-state index < -0.39 is 11.9 Å².